The summed E-state index contributed by atoms with van der Waals surface area (Å²) in [7, 11) is 1.62. The number of hydrogen-bond acceptors (Lipinski definition) is 3. The van der Waals surface area contributed by atoms with Crippen LogP contribution in [0.25, 0.3) is 0 Å². The molecular formula is C18H20ClN3O3. The molecule has 0 unspecified atom stereocenters. The van der Waals surface area contributed by atoms with Crippen molar-refractivity contribution >= 4 is 34.9 Å². The average Bonchev–Trinajstić information content (AvgIpc) is 2.57. The Labute approximate surface area is 151 Å². The molecule has 0 aliphatic heterocycles. The summed E-state index contributed by atoms with van der Waals surface area (Å²) in [5, 5.41) is 8.42. The van der Waals surface area contributed by atoms with Crippen LogP contribution in [0, 0.1) is 0 Å². The van der Waals surface area contributed by atoms with Crippen LogP contribution < -0.4 is 20.7 Å². The lowest BCUT2D eigenvalue weighted by Crippen LogP contribution is -2.30. The zero-order valence-corrected chi connectivity index (χ0v) is 14.8. The monoisotopic (exact) mass is 361 g/mol. The van der Waals surface area contributed by atoms with Gasteiger partial charge in [-0.1, -0.05) is 23.7 Å². The molecule has 2 aromatic rings. The van der Waals surface area contributed by atoms with Gasteiger partial charge in [0.05, 0.1) is 17.8 Å². The van der Waals surface area contributed by atoms with Crippen LogP contribution in [-0.2, 0) is 11.2 Å². The normalized spacial score (nSPS) is 10.0. The summed E-state index contributed by atoms with van der Waals surface area (Å²) in [6, 6.07) is 12.2. The Bertz CT molecular complexity index is 748. The molecule has 3 amide bonds. The minimum atomic E-state index is -0.345. The van der Waals surface area contributed by atoms with E-state index in [9.17, 15) is 9.59 Å². The van der Waals surface area contributed by atoms with Gasteiger partial charge in [-0.15, -0.1) is 0 Å². The number of carbonyl (C=O) groups excluding carboxylic acids is 2. The summed E-state index contributed by atoms with van der Waals surface area (Å²) in [5.74, 6) is 0.611. The van der Waals surface area contributed by atoms with Gasteiger partial charge in [-0.05, 0) is 42.3 Å². The minimum absolute atomic E-state index is 0.187. The summed E-state index contributed by atoms with van der Waals surface area (Å²) < 4.78 is 5.10. The van der Waals surface area contributed by atoms with Gasteiger partial charge in [0.2, 0.25) is 5.91 Å². The van der Waals surface area contributed by atoms with Crippen LogP contribution in [0.3, 0.4) is 0 Å². The molecule has 0 aliphatic rings. The predicted molar refractivity (Wildman–Crippen MR) is 99.5 cm³/mol. The van der Waals surface area contributed by atoms with Crippen molar-refractivity contribution in [2.45, 2.75) is 13.3 Å². The maximum absolute atomic E-state index is 11.9. The van der Waals surface area contributed by atoms with E-state index in [4.69, 9.17) is 16.3 Å². The molecule has 0 aliphatic carbocycles. The fourth-order valence-corrected chi connectivity index (χ4v) is 2.40. The number of anilines is 2. The summed E-state index contributed by atoms with van der Waals surface area (Å²) in [4.78, 5) is 23.0. The molecule has 7 heteroatoms. The Morgan fingerprint density at radius 2 is 1.80 bits per heavy atom. The van der Waals surface area contributed by atoms with Crippen LogP contribution >= 0.6 is 11.6 Å². The van der Waals surface area contributed by atoms with Crippen LogP contribution in [0.2, 0.25) is 5.02 Å². The smallest absolute Gasteiger partial charge is 0.319 e. The molecule has 3 N–H and O–H groups in total. The lowest BCUT2D eigenvalue weighted by atomic mass is 10.1. The van der Waals surface area contributed by atoms with E-state index >= 15 is 0 Å². The second kappa shape index (κ2) is 8.94. The molecule has 0 spiro atoms. The molecule has 2 rings (SSSR count). The van der Waals surface area contributed by atoms with Crippen molar-refractivity contribution in [2.24, 2.45) is 0 Å². The van der Waals surface area contributed by atoms with Crippen molar-refractivity contribution in [2.75, 3.05) is 24.3 Å². The van der Waals surface area contributed by atoms with Gasteiger partial charge < -0.3 is 20.7 Å². The Hall–Kier alpha value is -2.73. The fourth-order valence-electron chi connectivity index (χ4n) is 2.18. The van der Waals surface area contributed by atoms with Gasteiger partial charge in [0.25, 0.3) is 0 Å². The van der Waals surface area contributed by atoms with E-state index in [0.717, 1.165) is 11.3 Å². The van der Waals surface area contributed by atoms with Crippen molar-refractivity contribution in [1.29, 1.82) is 0 Å². The highest BCUT2D eigenvalue weighted by molar-refractivity contribution is 6.34. The molecular weight excluding hydrogens is 342 g/mol. The highest BCUT2D eigenvalue weighted by Gasteiger charge is 2.07. The maximum atomic E-state index is 11.9. The van der Waals surface area contributed by atoms with Crippen LogP contribution in [0.1, 0.15) is 12.5 Å². The van der Waals surface area contributed by atoms with Gasteiger partial charge in [0, 0.05) is 19.2 Å². The van der Waals surface area contributed by atoms with Crippen molar-refractivity contribution in [3.05, 3.63) is 53.1 Å². The summed E-state index contributed by atoms with van der Waals surface area (Å²) in [6.07, 6.45) is 0.701. The summed E-state index contributed by atoms with van der Waals surface area (Å²) in [6.45, 7) is 1.90. The van der Waals surface area contributed by atoms with Crippen LogP contribution in [0.15, 0.2) is 42.5 Å². The number of benzene rings is 2. The first-order chi connectivity index (χ1) is 12.0. The quantitative estimate of drug-likeness (QED) is 0.734. The lowest BCUT2D eigenvalue weighted by molar-refractivity contribution is -0.114. The minimum Gasteiger partial charge on any atom is -0.497 e. The van der Waals surface area contributed by atoms with Gasteiger partial charge in [-0.2, -0.15) is 0 Å². The second-order valence-electron chi connectivity index (χ2n) is 5.35. The first kappa shape index (κ1) is 18.6. The maximum Gasteiger partial charge on any atom is 0.319 e. The summed E-state index contributed by atoms with van der Waals surface area (Å²) >= 11 is 6.11. The zero-order valence-electron chi connectivity index (χ0n) is 14.1. The van der Waals surface area contributed by atoms with Crippen LogP contribution in [0.5, 0.6) is 5.75 Å². The predicted octanol–water partition coefficient (Wildman–Crippen LogP) is 3.67. The Morgan fingerprint density at radius 3 is 2.40 bits per heavy atom. The number of halogens is 1. The number of rotatable bonds is 6. The van der Waals surface area contributed by atoms with Gasteiger partial charge in [0.1, 0.15) is 5.75 Å². The molecule has 0 heterocycles. The van der Waals surface area contributed by atoms with Crippen molar-refractivity contribution < 1.29 is 14.3 Å². The van der Waals surface area contributed by atoms with E-state index in [1.165, 1.54) is 6.92 Å². The van der Waals surface area contributed by atoms with Crippen molar-refractivity contribution in [3.8, 4) is 5.75 Å². The average molecular weight is 362 g/mol. The molecule has 0 radical (unpaired) electrons. The molecule has 0 bridgehead atoms. The first-order valence-corrected chi connectivity index (χ1v) is 8.10. The fraction of sp³-hybridized carbons (Fsp3) is 0.222. The molecule has 25 heavy (non-hydrogen) atoms. The van der Waals surface area contributed by atoms with E-state index in [1.54, 1.807) is 25.3 Å². The Kier molecular flexibility index (Phi) is 6.65. The molecule has 132 valence electrons. The van der Waals surface area contributed by atoms with Gasteiger partial charge >= 0.3 is 6.03 Å². The molecule has 0 atom stereocenters. The number of ether oxygens (including phenoxy) is 1. The SMILES string of the molecule is COc1ccc(CCNC(=O)Nc2ccc(NC(C)=O)cc2Cl)cc1. The van der Waals surface area contributed by atoms with Crippen LogP contribution in [0.4, 0.5) is 16.2 Å². The highest BCUT2D eigenvalue weighted by Crippen LogP contribution is 2.25. The molecule has 6 nitrogen and oxygen atoms in total. The number of methoxy groups -OCH3 is 1. The van der Waals surface area contributed by atoms with E-state index in [-0.39, 0.29) is 11.9 Å². The standard InChI is InChI=1S/C18H20ClN3O3/c1-12(23)21-14-5-8-17(16(19)11-14)22-18(24)20-10-9-13-3-6-15(25-2)7-4-13/h3-8,11H,9-10H2,1-2H3,(H,21,23)(H2,20,22,24). The number of nitrogens with one attached hydrogen (secondary N) is 3. The van der Waals surface area contributed by atoms with Gasteiger partial charge in [-0.3, -0.25) is 4.79 Å². The largest absolute Gasteiger partial charge is 0.497 e. The number of hydrogen-bond donors (Lipinski definition) is 3. The molecule has 0 saturated carbocycles. The van der Waals surface area contributed by atoms with E-state index in [2.05, 4.69) is 16.0 Å². The number of urea groups is 1. The number of carbonyl (C=O) groups is 2. The second-order valence-corrected chi connectivity index (χ2v) is 5.76. The van der Waals surface area contributed by atoms with E-state index < -0.39 is 0 Å². The Morgan fingerprint density at radius 1 is 1.08 bits per heavy atom. The number of amides is 3. The van der Waals surface area contributed by atoms with Gasteiger partial charge in [-0.25, -0.2) is 4.79 Å². The lowest BCUT2D eigenvalue weighted by Gasteiger charge is -2.11. The van der Waals surface area contributed by atoms with Crippen LogP contribution in [-0.4, -0.2) is 25.6 Å². The van der Waals surface area contributed by atoms with Crippen molar-refractivity contribution in [1.82, 2.24) is 5.32 Å². The van der Waals surface area contributed by atoms with Crippen molar-refractivity contribution in [3.63, 3.8) is 0 Å². The van der Waals surface area contributed by atoms with E-state index in [1.807, 2.05) is 24.3 Å². The third-order valence-corrected chi connectivity index (χ3v) is 3.71. The molecule has 0 fully saturated rings. The first-order valence-electron chi connectivity index (χ1n) is 7.73. The molecule has 0 saturated heterocycles. The topological polar surface area (TPSA) is 79.5 Å². The van der Waals surface area contributed by atoms with E-state index in [0.29, 0.717) is 29.4 Å². The molecule has 2 aromatic carbocycles. The highest BCUT2D eigenvalue weighted by atomic mass is 35.5. The van der Waals surface area contributed by atoms with Gasteiger partial charge in [0.15, 0.2) is 0 Å². The third kappa shape index (κ3) is 6.00. The Balaban J connectivity index is 1.82. The summed E-state index contributed by atoms with van der Waals surface area (Å²) in [5.41, 5.74) is 2.14. The molecule has 0 aromatic heterocycles. The third-order valence-electron chi connectivity index (χ3n) is 3.40. The zero-order chi connectivity index (χ0) is 18.2.